The lowest BCUT2D eigenvalue weighted by Crippen LogP contribution is -2.29. The molecular formula is C15H19BrN2S. The molecule has 4 heteroatoms. The molecule has 0 aliphatic rings. The molecule has 19 heavy (non-hydrogen) atoms. The molecule has 0 bridgehead atoms. The van der Waals surface area contributed by atoms with Crippen molar-refractivity contribution < 1.29 is 0 Å². The van der Waals surface area contributed by atoms with E-state index in [0.717, 1.165) is 6.42 Å². The molecule has 1 aromatic heterocycles. The van der Waals surface area contributed by atoms with Crippen LogP contribution in [0.25, 0.3) is 0 Å². The fraction of sp³-hybridized carbons (Fsp3) is 0.333. The van der Waals surface area contributed by atoms with Crippen molar-refractivity contribution in [3.05, 3.63) is 55.2 Å². The van der Waals surface area contributed by atoms with Crippen LogP contribution < -0.4 is 11.3 Å². The van der Waals surface area contributed by atoms with Gasteiger partial charge in [-0.25, -0.2) is 0 Å². The first-order valence-corrected chi connectivity index (χ1v) is 7.90. The van der Waals surface area contributed by atoms with E-state index in [2.05, 4.69) is 66.4 Å². The largest absolute Gasteiger partial charge is 0.271 e. The van der Waals surface area contributed by atoms with E-state index in [-0.39, 0.29) is 6.04 Å². The number of aryl methyl sites for hydroxylation is 3. The normalized spacial score (nSPS) is 12.7. The minimum absolute atomic E-state index is 0.162. The average Bonchev–Trinajstić information content (AvgIpc) is 2.70. The summed E-state index contributed by atoms with van der Waals surface area (Å²) in [5.41, 5.74) is 8.17. The van der Waals surface area contributed by atoms with E-state index in [1.54, 1.807) is 11.3 Å². The van der Waals surface area contributed by atoms with Crippen LogP contribution in [-0.4, -0.2) is 0 Å². The van der Waals surface area contributed by atoms with Crippen molar-refractivity contribution in [2.24, 2.45) is 5.84 Å². The van der Waals surface area contributed by atoms with Crippen molar-refractivity contribution in [2.45, 2.75) is 33.2 Å². The number of halogens is 1. The number of hydrazine groups is 1. The summed E-state index contributed by atoms with van der Waals surface area (Å²) in [6, 6.07) is 8.93. The summed E-state index contributed by atoms with van der Waals surface area (Å²) in [7, 11) is 0. The fourth-order valence-corrected chi connectivity index (χ4v) is 3.77. The van der Waals surface area contributed by atoms with Crippen LogP contribution in [0.4, 0.5) is 0 Å². The van der Waals surface area contributed by atoms with Gasteiger partial charge >= 0.3 is 0 Å². The van der Waals surface area contributed by atoms with Gasteiger partial charge < -0.3 is 0 Å². The second-order valence-corrected chi connectivity index (χ2v) is 7.36. The van der Waals surface area contributed by atoms with Gasteiger partial charge in [-0.3, -0.25) is 11.3 Å². The fourth-order valence-electron chi connectivity index (χ4n) is 2.14. The number of nitrogens with two attached hydrogens (primary N) is 1. The summed E-state index contributed by atoms with van der Waals surface area (Å²) in [6.45, 7) is 6.38. The number of benzene rings is 1. The molecule has 0 amide bonds. The highest BCUT2D eigenvalue weighted by Gasteiger charge is 2.15. The molecule has 1 unspecified atom stereocenters. The zero-order valence-electron chi connectivity index (χ0n) is 11.5. The van der Waals surface area contributed by atoms with Gasteiger partial charge in [-0.15, -0.1) is 11.3 Å². The summed E-state index contributed by atoms with van der Waals surface area (Å²) in [4.78, 5) is 1.27. The van der Waals surface area contributed by atoms with Crippen LogP contribution in [0.1, 0.15) is 33.2 Å². The summed E-state index contributed by atoms with van der Waals surface area (Å²) < 4.78 is 1.18. The molecule has 102 valence electrons. The molecule has 2 aromatic rings. The molecule has 1 heterocycles. The Bertz CT molecular complexity index is 558. The maximum absolute atomic E-state index is 5.74. The van der Waals surface area contributed by atoms with Crippen LogP contribution in [0.3, 0.4) is 0 Å². The number of thiophene rings is 1. The summed E-state index contributed by atoms with van der Waals surface area (Å²) >= 11 is 5.33. The van der Waals surface area contributed by atoms with Crippen LogP contribution in [-0.2, 0) is 6.42 Å². The van der Waals surface area contributed by atoms with Crippen molar-refractivity contribution in [3.63, 3.8) is 0 Å². The molecule has 2 nitrogen and oxygen atoms in total. The Hall–Kier alpha value is -0.680. The first kappa shape index (κ1) is 14.7. The van der Waals surface area contributed by atoms with Gasteiger partial charge in [0.05, 0.1) is 9.83 Å². The van der Waals surface area contributed by atoms with Gasteiger partial charge in [-0.2, -0.15) is 0 Å². The van der Waals surface area contributed by atoms with E-state index < -0.39 is 0 Å². The summed E-state index contributed by atoms with van der Waals surface area (Å²) in [6.07, 6.45) is 0.913. The van der Waals surface area contributed by atoms with Crippen molar-refractivity contribution in [1.82, 2.24) is 5.43 Å². The maximum atomic E-state index is 5.74. The molecule has 0 saturated heterocycles. The summed E-state index contributed by atoms with van der Waals surface area (Å²) in [5.74, 6) is 5.74. The lowest BCUT2D eigenvalue weighted by molar-refractivity contribution is 0.559. The Kier molecular flexibility index (Phi) is 4.79. The van der Waals surface area contributed by atoms with Crippen molar-refractivity contribution >= 4 is 27.3 Å². The predicted molar refractivity (Wildman–Crippen MR) is 86.4 cm³/mol. The highest BCUT2D eigenvalue weighted by molar-refractivity contribution is 9.11. The van der Waals surface area contributed by atoms with Crippen LogP contribution in [0.5, 0.6) is 0 Å². The molecule has 1 atom stereocenters. The average molecular weight is 339 g/mol. The van der Waals surface area contributed by atoms with E-state index in [0.29, 0.717) is 0 Å². The third-order valence-corrected chi connectivity index (χ3v) is 5.60. The van der Waals surface area contributed by atoms with E-state index in [1.807, 2.05) is 0 Å². The Morgan fingerprint density at radius 1 is 1.21 bits per heavy atom. The zero-order chi connectivity index (χ0) is 14.0. The van der Waals surface area contributed by atoms with Crippen molar-refractivity contribution in [2.75, 3.05) is 0 Å². The highest BCUT2D eigenvalue weighted by atomic mass is 79.9. The Morgan fingerprint density at radius 2 is 1.95 bits per heavy atom. The molecule has 0 aliphatic heterocycles. The Balaban J connectivity index is 2.26. The molecule has 0 saturated carbocycles. The van der Waals surface area contributed by atoms with Crippen LogP contribution in [0.15, 0.2) is 28.1 Å². The molecule has 2 rings (SSSR count). The van der Waals surface area contributed by atoms with Crippen LogP contribution in [0.2, 0.25) is 0 Å². The lowest BCUT2D eigenvalue weighted by atomic mass is 9.98. The van der Waals surface area contributed by atoms with Gasteiger partial charge in [0.15, 0.2) is 0 Å². The number of hydrogen-bond donors (Lipinski definition) is 2. The predicted octanol–water partition coefficient (Wildman–Crippen LogP) is 4.18. The first-order valence-electron chi connectivity index (χ1n) is 6.29. The molecule has 3 N–H and O–H groups in total. The number of rotatable bonds is 4. The minimum atomic E-state index is 0.162. The van der Waals surface area contributed by atoms with Gasteiger partial charge in [0.2, 0.25) is 0 Å². The summed E-state index contributed by atoms with van der Waals surface area (Å²) in [5, 5.41) is 0. The highest BCUT2D eigenvalue weighted by Crippen LogP contribution is 2.33. The minimum Gasteiger partial charge on any atom is -0.271 e. The Morgan fingerprint density at radius 3 is 2.53 bits per heavy atom. The number of nitrogens with one attached hydrogen (secondary N) is 1. The van der Waals surface area contributed by atoms with Gasteiger partial charge in [0.25, 0.3) is 0 Å². The topological polar surface area (TPSA) is 38.0 Å². The van der Waals surface area contributed by atoms with Crippen molar-refractivity contribution in [1.29, 1.82) is 0 Å². The second-order valence-electron chi connectivity index (χ2n) is 4.96. The molecule has 1 aromatic carbocycles. The SMILES string of the molecule is Cc1ccc(C)c(CC(NN)c2cc(C)c(Br)s2)c1. The molecule has 0 aliphatic carbocycles. The second kappa shape index (κ2) is 6.18. The third kappa shape index (κ3) is 3.45. The van der Waals surface area contributed by atoms with Gasteiger partial charge in [0.1, 0.15) is 0 Å². The Labute approximate surface area is 127 Å². The monoisotopic (exact) mass is 338 g/mol. The molecule has 0 fully saturated rings. The maximum Gasteiger partial charge on any atom is 0.0731 e. The smallest absolute Gasteiger partial charge is 0.0731 e. The quantitative estimate of drug-likeness (QED) is 0.648. The standard InChI is InChI=1S/C15H19BrN2S/c1-9-4-5-10(2)12(6-9)8-13(18-17)14-7-11(3)15(16)19-14/h4-7,13,18H,8,17H2,1-3H3. The van der Waals surface area contributed by atoms with Crippen LogP contribution in [0, 0.1) is 20.8 Å². The van der Waals surface area contributed by atoms with Crippen LogP contribution >= 0.6 is 27.3 Å². The molecular weight excluding hydrogens is 320 g/mol. The van der Waals surface area contributed by atoms with E-state index >= 15 is 0 Å². The lowest BCUT2D eigenvalue weighted by Gasteiger charge is -2.16. The first-order chi connectivity index (χ1) is 9.01. The van der Waals surface area contributed by atoms with Crippen molar-refractivity contribution in [3.8, 4) is 0 Å². The third-order valence-electron chi connectivity index (χ3n) is 3.35. The van der Waals surface area contributed by atoms with Gasteiger partial charge in [-0.1, -0.05) is 23.8 Å². The zero-order valence-corrected chi connectivity index (χ0v) is 13.9. The van der Waals surface area contributed by atoms with Gasteiger partial charge in [0, 0.05) is 4.88 Å². The van der Waals surface area contributed by atoms with E-state index in [1.165, 1.54) is 30.9 Å². The van der Waals surface area contributed by atoms with Gasteiger partial charge in [-0.05, 0) is 65.9 Å². The van der Waals surface area contributed by atoms with E-state index in [4.69, 9.17) is 5.84 Å². The molecule has 0 radical (unpaired) electrons. The molecule has 0 spiro atoms. The van der Waals surface area contributed by atoms with E-state index in [9.17, 15) is 0 Å². The number of hydrogen-bond acceptors (Lipinski definition) is 3.